The summed E-state index contributed by atoms with van der Waals surface area (Å²) in [7, 11) is 0. The van der Waals surface area contributed by atoms with Crippen LogP contribution in [0.4, 0.5) is 0 Å². The van der Waals surface area contributed by atoms with Crippen LogP contribution >= 0.6 is 0 Å². The van der Waals surface area contributed by atoms with Gasteiger partial charge in [0.1, 0.15) is 0 Å². The smallest absolute Gasteiger partial charge is 0.0982 e. The zero-order valence-electron chi connectivity index (χ0n) is 29.7. The maximum absolute atomic E-state index is 11.0. The highest BCUT2D eigenvalue weighted by Gasteiger charge is 2.50. The third-order valence-electron chi connectivity index (χ3n) is 9.58. The Balaban J connectivity index is 1.59. The summed E-state index contributed by atoms with van der Waals surface area (Å²) in [4.78, 5) is 0. The van der Waals surface area contributed by atoms with E-state index in [0.717, 1.165) is 39.9 Å². The molecule has 0 bridgehead atoms. The normalized spacial score (nSPS) is 32.8. The summed E-state index contributed by atoms with van der Waals surface area (Å²) in [6.07, 6.45) is 24.5. The van der Waals surface area contributed by atoms with Crippen molar-refractivity contribution in [2.24, 2.45) is 10.8 Å². The molecule has 1 heterocycles. The lowest BCUT2D eigenvalue weighted by Gasteiger charge is -2.44. The molecule has 4 heteroatoms. The van der Waals surface area contributed by atoms with Crippen molar-refractivity contribution in [2.45, 2.75) is 131 Å². The van der Waals surface area contributed by atoms with Crippen LogP contribution in [0.3, 0.4) is 0 Å². The van der Waals surface area contributed by atoms with Crippen LogP contribution in [0.2, 0.25) is 0 Å². The van der Waals surface area contributed by atoms with E-state index in [1.54, 1.807) is 6.92 Å². The van der Waals surface area contributed by atoms with Crippen molar-refractivity contribution < 1.29 is 20.1 Å². The number of hydrogen-bond donors (Lipinski definition) is 3. The van der Waals surface area contributed by atoms with Gasteiger partial charge in [0.2, 0.25) is 0 Å². The first kappa shape index (κ1) is 36.7. The fraction of sp³-hybridized carbons (Fsp3) is 0.537. The summed E-state index contributed by atoms with van der Waals surface area (Å²) in [5.41, 5.74) is 9.33. The van der Waals surface area contributed by atoms with Crippen LogP contribution in [0.1, 0.15) is 102 Å². The van der Waals surface area contributed by atoms with Crippen molar-refractivity contribution in [3.05, 3.63) is 112 Å². The van der Waals surface area contributed by atoms with Crippen LogP contribution in [0.25, 0.3) is 0 Å². The molecule has 2 aliphatic carbocycles. The highest BCUT2D eigenvalue weighted by Crippen LogP contribution is 2.52. The van der Waals surface area contributed by atoms with Crippen molar-refractivity contribution in [3.8, 4) is 0 Å². The van der Waals surface area contributed by atoms with E-state index in [1.165, 1.54) is 5.57 Å². The Kier molecular flexibility index (Phi) is 11.7. The second-order valence-electron chi connectivity index (χ2n) is 15.3. The summed E-state index contributed by atoms with van der Waals surface area (Å²) in [6.45, 7) is 22.8. The lowest BCUT2D eigenvalue weighted by atomic mass is 9.65. The third kappa shape index (κ3) is 9.64. The van der Waals surface area contributed by atoms with E-state index in [-0.39, 0.29) is 23.0 Å². The summed E-state index contributed by atoms with van der Waals surface area (Å²) in [6, 6.07) is 0. The lowest BCUT2D eigenvalue weighted by molar-refractivity contribution is -0.0683. The summed E-state index contributed by atoms with van der Waals surface area (Å²) in [5.74, 6) is 0. The first-order valence-electron chi connectivity index (χ1n) is 16.5. The minimum Gasteiger partial charge on any atom is -0.393 e. The quantitative estimate of drug-likeness (QED) is 0.145. The van der Waals surface area contributed by atoms with Crippen LogP contribution in [-0.4, -0.2) is 44.8 Å². The molecule has 45 heavy (non-hydrogen) atoms. The van der Waals surface area contributed by atoms with Crippen LogP contribution < -0.4 is 0 Å². The van der Waals surface area contributed by atoms with E-state index < -0.39 is 17.3 Å². The topological polar surface area (TPSA) is 69.9 Å². The third-order valence-corrected chi connectivity index (χ3v) is 9.58. The van der Waals surface area contributed by atoms with Gasteiger partial charge in [0.05, 0.1) is 29.5 Å². The van der Waals surface area contributed by atoms with Crippen molar-refractivity contribution in [1.29, 1.82) is 0 Å². The summed E-state index contributed by atoms with van der Waals surface area (Å²) < 4.78 is 6.46. The van der Waals surface area contributed by atoms with E-state index in [4.69, 9.17) is 4.74 Å². The van der Waals surface area contributed by atoms with E-state index in [2.05, 4.69) is 117 Å². The molecule has 2 saturated carbocycles. The predicted molar refractivity (Wildman–Crippen MR) is 189 cm³/mol. The Morgan fingerprint density at radius 2 is 1.27 bits per heavy atom. The molecule has 3 N–H and O–H groups in total. The molecule has 246 valence electrons. The Bertz CT molecular complexity index is 1400. The Morgan fingerprint density at radius 3 is 1.84 bits per heavy atom. The van der Waals surface area contributed by atoms with Crippen molar-refractivity contribution >= 4 is 0 Å². The van der Waals surface area contributed by atoms with Gasteiger partial charge < -0.3 is 20.1 Å². The lowest BCUT2D eigenvalue weighted by Crippen LogP contribution is -2.45. The van der Waals surface area contributed by atoms with Gasteiger partial charge in [0.25, 0.3) is 0 Å². The number of ether oxygens (including phenoxy) is 1. The molecule has 2 fully saturated rings. The largest absolute Gasteiger partial charge is 0.393 e. The molecule has 0 radical (unpaired) electrons. The minimum absolute atomic E-state index is 0.0575. The van der Waals surface area contributed by atoms with Crippen LogP contribution in [-0.2, 0) is 4.74 Å². The summed E-state index contributed by atoms with van der Waals surface area (Å²) >= 11 is 0. The Hall–Kier alpha value is -2.72. The zero-order chi connectivity index (χ0) is 33.8. The molecule has 5 unspecified atom stereocenters. The van der Waals surface area contributed by atoms with Gasteiger partial charge in [-0.25, -0.2) is 0 Å². The Morgan fingerprint density at radius 1 is 0.733 bits per heavy atom. The SMILES string of the molecule is CC(=C=C1C(C)(C)CC(O)CC1(C)O)C(C)=CC=CC(C)=CC=CC=C(C)C=CC=C(C)C1C=C2C(C)(C)CC(O)CC2(C)O1. The number of hydrogen-bond acceptors (Lipinski definition) is 4. The van der Waals surface area contributed by atoms with Crippen molar-refractivity contribution in [3.63, 3.8) is 0 Å². The summed E-state index contributed by atoms with van der Waals surface area (Å²) in [5, 5.41) is 31.6. The predicted octanol–water partition coefficient (Wildman–Crippen LogP) is 9.11. The second-order valence-corrected chi connectivity index (χ2v) is 15.3. The molecule has 4 nitrogen and oxygen atoms in total. The minimum atomic E-state index is -1.06. The van der Waals surface area contributed by atoms with Gasteiger partial charge in [-0.1, -0.05) is 99.6 Å². The average Bonchev–Trinajstić information content (AvgIpc) is 3.25. The van der Waals surface area contributed by atoms with E-state index >= 15 is 0 Å². The van der Waals surface area contributed by atoms with Crippen LogP contribution in [0, 0.1) is 10.8 Å². The average molecular weight is 615 g/mol. The molecule has 1 aliphatic heterocycles. The number of aliphatic hydroxyl groups is 3. The fourth-order valence-electron chi connectivity index (χ4n) is 7.33. The fourth-order valence-corrected chi connectivity index (χ4v) is 7.33. The highest BCUT2D eigenvalue weighted by atomic mass is 16.5. The molecule has 0 aromatic carbocycles. The molecule has 0 aromatic rings. The van der Waals surface area contributed by atoms with Gasteiger partial charge in [0, 0.05) is 18.4 Å². The van der Waals surface area contributed by atoms with Gasteiger partial charge in [-0.05, 0) is 101 Å². The van der Waals surface area contributed by atoms with Gasteiger partial charge >= 0.3 is 0 Å². The van der Waals surface area contributed by atoms with E-state index in [9.17, 15) is 15.3 Å². The van der Waals surface area contributed by atoms with Gasteiger partial charge in [-0.2, -0.15) is 0 Å². The first-order valence-corrected chi connectivity index (χ1v) is 16.5. The molecule has 5 atom stereocenters. The number of aliphatic hydroxyl groups excluding tert-OH is 2. The number of rotatable bonds is 8. The number of allylic oxidation sites excluding steroid dienone is 13. The van der Waals surface area contributed by atoms with Gasteiger partial charge in [0.15, 0.2) is 0 Å². The molecule has 0 saturated heterocycles. The van der Waals surface area contributed by atoms with E-state index in [0.29, 0.717) is 19.3 Å². The number of fused-ring (bicyclic) bond motifs is 1. The molecule has 0 amide bonds. The maximum atomic E-state index is 11.0. The molecular weight excluding hydrogens is 556 g/mol. The maximum Gasteiger partial charge on any atom is 0.0982 e. The molecular formula is C41H58O4. The standard InChI is InChI=1S/C41H58O4/c1-28(18-14-20-30(3)32(5)22-36-38(6,7)24-33(42)26-40(36,10)44)16-12-13-17-29(2)19-15-21-31(4)35-23-37-39(8,9)25-34(43)27-41(37,11)45-35/h12-21,23,33-35,42-44H,24-27H2,1-11H3. The highest BCUT2D eigenvalue weighted by molar-refractivity contribution is 5.38. The monoisotopic (exact) mass is 614 g/mol. The second kappa shape index (κ2) is 14.4. The molecule has 0 aromatic heterocycles. The van der Waals surface area contributed by atoms with Crippen molar-refractivity contribution in [2.75, 3.05) is 0 Å². The first-order chi connectivity index (χ1) is 20.8. The van der Waals surface area contributed by atoms with Gasteiger partial charge in [-0.15, -0.1) is 5.73 Å². The van der Waals surface area contributed by atoms with Crippen molar-refractivity contribution in [1.82, 2.24) is 0 Å². The van der Waals surface area contributed by atoms with Crippen LogP contribution in [0.15, 0.2) is 112 Å². The molecule has 3 aliphatic rings. The Labute approximate surface area is 273 Å². The molecule has 0 spiro atoms. The zero-order valence-corrected chi connectivity index (χ0v) is 29.7. The van der Waals surface area contributed by atoms with Gasteiger partial charge in [-0.3, -0.25) is 0 Å². The van der Waals surface area contributed by atoms with E-state index in [1.807, 2.05) is 25.2 Å². The van der Waals surface area contributed by atoms with Crippen LogP contribution in [0.5, 0.6) is 0 Å². The molecule has 3 rings (SSSR count).